The predicted molar refractivity (Wildman–Crippen MR) is 91.3 cm³/mol. The summed E-state index contributed by atoms with van der Waals surface area (Å²) in [7, 11) is 2.09. The van der Waals surface area contributed by atoms with E-state index in [1.165, 1.54) is 0 Å². The van der Waals surface area contributed by atoms with Crippen LogP contribution < -0.4 is 0 Å². The Balaban J connectivity index is 1.85. The first kappa shape index (κ1) is 16.0. The van der Waals surface area contributed by atoms with Gasteiger partial charge in [-0.2, -0.15) is 5.10 Å². The van der Waals surface area contributed by atoms with Crippen LogP contribution in [0.2, 0.25) is 5.02 Å². The Labute approximate surface area is 141 Å². The lowest BCUT2D eigenvalue weighted by Gasteiger charge is -2.20. The molecule has 2 aromatic rings. The van der Waals surface area contributed by atoms with Crippen LogP contribution in [-0.2, 0) is 0 Å². The second kappa shape index (κ2) is 6.72. The van der Waals surface area contributed by atoms with E-state index in [2.05, 4.69) is 17.0 Å². The van der Waals surface area contributed by atoms with Crippen LogP contribution in [0.5, 0.6) is 0 Å². The number of hydrogen-bond acceptors (Lipinski definition) is 3. The van der Waals surface area contributed by atoms with Crippen molar-refractivity contribution in [3.63, 3.8) is 0 Å². The van der Waals surface area contributed by atoms with Gasteiger partial charge in [-0.3, -0.25) is 4.79 Å². The molecular formula is C17H21ClN4O. The molecule has 0 saturated carbocycles. The maximum absolute atomic E-state index is 12.8. The van der Waals surface area contributed by atoms with E-state index in [-0.39, 0.29) is 5.91 Å². The molecule has 2 heterocycles. The van der Waals surface area contributed by atoms with Crippen LogP contribution in [0, 0.1) is 6.92 Å². The third-order valence-electron chi connectivity index (χ3n) is 4.30. The minimum Gasteiger partial charge on any atom is -0.337 e. The van der Waals surface area contributed by atoms with Gasteiger partial charge in [0.25, 0.3) is 5.91 Å². The molecule has 0 atom stereocenters. The van der Waals surface area contributed by atoms with Gasteiger partial charge in [0.15, 0.2) is 0 Å². The fourth-order valence-electron chi connectivity index (χ4n) is 2.91. The van der Waals surface area contributed by atoms with Crippen molar-refractivity contribution in [2.45, 2.75) is 13.3 Å². The summed E-state index contributed by atoms with van der Waals surface area (Å²) in [6, 6.07) is 7.48. The van der Waals surface area contributed by atoms with Crippen molar-refractivity contribution < 1.29 is 4.79 Å². The van der Waals surface area contributed by atoms with Crippen LogP contribution in [0.4, 0.5) is 0 Å². The number of amides is 1. The molecule has 0 N–H and O–H groups in total. The van der Waals surface area contributed by atoms with Gasteiger partial charge in [0.2, 0.25) is 0 Å². The average Bonchev–Trinajstić information content (AvgIpc) is 2.77. The zero-order valence-electron chi connectivity index (χ0n) is 13.5. The number of nitrogens with zero attached hydrogens (tertiary/aromatic N) is 4. The van der Waals surface area contributed by atoms with Gasteiger partial charge < -0.3 is 9.80 Å². The summed E-state index contributed by atoms with van der Waals surface area (Å²) in [4.78, 5) is 17.0. The summed E-state index contributed by atoms with van der Waals surface area (Å²) in [6.45, 7) is 5.42. The number of benzene rings is 1. The number of halogens is 1. The van der Waals surface area contributed by atoms with E-state index in [1.54, 1.807) is 10.9 Å². The normalized spacial score (nSPS) is 16.4. The fourth-order valence-corrected chi connectivity index (χ4v) is 3.09. The van der Waals surface area contributed by atoms with Gasteiger partial charge in [-0.05, 0) is 45.1 Å². The summed E-state index contributed by atoms with van der Waals surface area (Å²) in [5.41, 5.74) is 2.37. The van der Waals surface area contributed by atoms with Crippen LogP contribution in [0.1, 0.15) is 22.5 Å². The molecule has 1 aromatic carbocycles. The average molecular weight is 333 g/mol. The topological polar surface area (TPSA) is 41.4 Å². The van der Waals surface area contributed by atoms with Crippen molar-refractivity contribution in [3.8, 4) is 5.69 Å². The monoisotopic (exact) mass is 332 g/mol. The van der Waals surface area contributed by atoms with Gasteiger partial charge in [0.05, 0.1) is 23.1 Å². The summed E-state index contributed by atoms with van der Waals surface area (Å²) >= 11 is 6.05. The molecule has 0 aliphatic carbocycles. The Bertz CT molecular complexity index is 712. The smallest absolute Gasteiger partial charge is 0.257 e. The summed E-state index contributed by atoms with van der Waals surface area (Å²) < 4.78 is 1.77. The number of carbonyl (C=O) groups excluding carboxylic acids is 1. The third kappa shape index (κ3) is 3.41. The van der Waals surface area contributed by atoms with Crippen LogP contribution >= 0.6 is 11.6 Å². The number of aromatic nitrogens is 2. The highest BCUT2D eigenvalue weighted by atomic mass is 35.5. The molecule has 0 radical (unpaired) electrons. The largest absolute Gasteiger partial charge is 0.337 e. The number of rotatable bonds is 2. The van der Waals surface area contributed by atoms with E-state index in [0.29, 0.717) is 10.6 Å². The molecule has 0 unspecified atom stereocenters. The number of hydrogen-bond donors (Lipinski definition) is 0. The summed E-state index contributed by atoms with van der Waals surface area (Å²) in [5.74, 6) is 0.0612. The first-order chi connectivity index (χ1) is 11.1. The lowest BCUT2D eigenvalue weighted by molar-refractivity contribution is 0.0762. The first-order valence-electron chi connectivity index (χ1n) is 7.84. The highest BCUT2D eigenvalue weighted by Gasteiger charge is 2.22. The van der Waals surface area contributed by atoms with Gasteiger partial charge in [0, 0.05) is 24.7 Å². The quantitative estimate of drug-likeness (QED) is 0.849. The Morgan fingerprint density at radius 2 is 2.04 bits per heavy atom. The molecule has 1 amide bonds. The minimum absolute atomic E-state index is 0.0612. The molecule has 0 spiro atoms. The molecule has 1 saturated heterocycles. The highest BCUT2D eigenvalue weighted by Crippen LogP contribution is 2.19. The zero-order chi connectivity index (χ0) is 16.4. The van der Waals surface area contributed by atoms with Crippen molar-refractivity contribution in [1.29, 1.82) is 0 Å². The first-order valence-corrected chi connectivity index (χ1v) is 8.22. The lowest BCUT2D eigenvalue weighted by atomic mass is 10.2. The van der Waals surface area contributed by atoms with Crippen molar-refractivity contribution in [1.82, 2.24) is 19.6 Å². The number of carbonyl (C=O) groups is 1. The Morgan fingerprint density at radius 1 is 1.22 bits per heavy atom. The van der Waals surface area contributed by atoms with E-state index in [9.17, 15) is 4.79 Å². The molecule has 1 aliphatic rings. The second-order valence-corrected chi connectivity index (χ2v) is 6.42. The van der Waals surface area contributed by atoms with E-state index in [4.69, 9.17) is 11.6 Å². The van der Waals surface area contributed by atoms with Gasteiger partial charge in [0.1, 0.15) is 0 Å². The van der Waals surface area contributed by atoms with E-state index >= 15 is 0 Å². The molecule has 1 aromatic heterocycles. The highest BCUT2D eigenvalue weighted by molar-refractivity contribution is 6.30. The maximum atomic E-state index is 12.8. The van der Waals surface area contributed by atoms with E-state index < -0.39 is 0 Å². The SMILES string of the molecule is Cc1c(C(=O)N2CCCN(C)CC2)cnn1-c1cccc(Cl)c1. The van der Waals surface area contributed by atoms with Crippen LogP contribution in [-0.4, -0.2) is 58.7 Å². The molecule has 1 aliphatic heterocycles. The molecule has 122 valence electrons. The van der Waals surface area contributed by atoms with Gasteiger partial charge >= 0.3 is 0 Å². The van der Waals surface area contributed by atoms with Crippen molar-refractivity contribution in [3.05, 3.63) is 46.7 Å². The van der Waals surface area contributed by atoms with Crippen molar-refractivity contribution in [2.75, 3.05) is 33.2 Å². The molecule has 6 heteroatoms. The third-order valence-corrected chi connectivity index (χ3v) is 4.53. The molecule has 23 heavy (non-hydrogen) atoms. The lowest BCUT2D eigenvalue weighted by Crippen LogP contribution is -2.34. The maximum Gasteiger partial charge on any atom is 0.257 e. The minimum atomic E-state index is 0.0612. The summed E-state index contributed by atoms with van der Waals surface area (Å²) in [6.07, 6.45) is 2.66. The fraction of sp³-hybridized carbons (Fsp3) is 0.412. The molecule has 3 rings (SSSR count). The molecule has 0 bridgehead atoms. The van der Waals surface area contributed by atoms with Crippen molar-refractivity contribution >= 4 is 17.5 Å². The Hall–Kier alpha value is -1.85. The number of likely N-dealkylation sites (N-methyl/N-ethyl adjacent to an activating group) is 1. The van der Waals surface area contributed by atoms with Crippen LogP contribution in [0.15, 0.2) is 30.5 Å². The zero-order valence-corrected chi connectivity index (χ0v) is 14.3. The van der Waals surface area contributed by atoms with Crippen LogP contribution in [0.3, 0.4) is 0 Å². The second-order valence-electron chi connectivity index (χ2n) is 5.98. The van der Waals surface area contributed by atoms with Gasteiger partial charge in [-0.1, -0.05) is 17.7 Å². The predicted octanol–water partition coefficient (Wildman–Crippen LogP) is 2.61. The van der Waals surface area contributed by atoms with Crippen molar-refractivity contribution in [2.24, 2.45) is 0 Å². The standard InChI is InChI=1S/C17H21ClN4O/c1-13-16(17(23)21-8-4-7-20(2)9-10-21)12-19-22(13)15-6-3-5-14(18)11-15/h3,5-6,11-12H,4,7-10H2,1-2H3. The van der Waals surface area contributed by atoms with E-state index in [0.717, 1.165) is 44.0 Å². The Kier molecular flexibility index (Phi) is 4.68. The molecule has 5 nitrogen and oxygen atoms in total. The summed E-state index contributed by atoms with van der Waals surface area (Å²) in [5, 5.41) is 5.04. The molecular weight excluding hydrogens is 312 g/mol. The molecule has 1 fully saturated rings. The van der Waals surface area contributed by atoms with Crippen LogP contribution in [0.25, 0.3) is 5.69 Å². The van der Waals surface area contributed by atoms with Gasteiger partial charge in [-0.25, -0.2) is 4.68 Å². The Morgan fingerprint density at radius 3 is 2.83 bits per heavy atom. The van der Waals surface area contributed by atoms with Gasteiger partial charge in [-0.15, -0.1) is 0 Å². The van der Waals surface area contributed by atoms with E-state index in [1.807, 2.05) is 36.1 Å².